The van der Waals surface area contributed by atoms with Crippen molar-refractivity contribution in [1.29, 1.82) is 0 Å². The first-order valence-corrected chi connectivity index (χ1v) is 10.1. The number of ether oxygens (including phenoxy) is 1. The maximum absolute atomic E-state index is 13.5. The predicted octanol–water partition coefficient (Wildman–Crippen LogP) is 3.76. The fourth-order valence-electron chi connectivity index (χ4n) is 4.10. The van der Waals surface area contributed by atoms with Gasteiger partial charge in [-0.1, -0.05) is 23.7 Å². The molecule has 1 aliphatic carbocycles. The molecule has 1 saturated carbocycles. The summed E-state index contributed by atoms with van der Waals surface area (Å²) in [6, 6.07) is 14.0. The van der Waals surface area contributed by atoms with Crippen LogP contribution < -0.4 is 9.64 Å². The van der Waals surface area contributed by atoms with E-state index < -0.39 is 6.04 Å². The zero-order valence-electron chi connectivity index (χ0n) is 15.4. The quantitative estimate of drug-likeness (QED) is 0.793. The zero-order chi connectivity index (χ0) is 19.3. The van der Waals surface area contributed by atoms with Gasteiger partial charge >= 0.3 is 0 Å². The summed E-state index contributed by atoms with van der Waals surface area (Å²) in [7, 11) is 0. The van der Waals surface area contributed by atoms with Gasteiger partial charge < -0.3 is 14.5 Å². The summed E-state index contributed by atoms with van der Waals surface area (Å²) in [6.07, 6.45) is 2.63. The van der Waals surface area contributed by atoms with Gasteiger partial charge in [0.05, 0.1) is 12.2 Å². The van der Waals surface area contributed by atoms with Crippen LogP contribution in [0.25, 0.3) is 0 Å². The Hall–Kier alpha value is -2.53. The third-order valence-electron chi connectivity index (χ3n) is 5.75. The summed E-state index contributed by atoms with van der Waals surface area (Å²) in [6.45, 7) is 1.09. The van der Waals surface area contributed by atoms with Gasteiger partial charge in [-0.3, -0.25) is 9.59 Å². The van der Waals surface area contributed by atoms with Gasteiger partial charge in [-0.25, -0.2) is 0 Å². The third-order valence-corrected chi connectivity index (χ3v) is 6.01. The molecule has 2 aliphatic heterocycles. The van der Waals surface area contributed by atoms with Gasteiger partial charge in [0.1, 0.15) is 17.9 Å². The topological polar surface area (TPSA) is 49.9 Å². The van der Waals surface area contributed by atoms with E-state index in [1.54, 1.807) is 29.2 Å². The Bertz CT molecular complexity index is 926. The first kappa shape index (κ1) is 17.6. The fourth-order valence-corrected chi connectivity index (χ4v) is 4.23. The van der Waals surface area contributed by atoms with Gasteiger partial charge in [-0.05, 0) is 55.2 Å². The van der Waals surface area contributed by atoms with Crippen LogP contribution in [0.15, 0.2) is 48.5 Å². The Labute approximate surface area is 168 Å². The van der Waals surface area contributed by atoms with Gasteiger partial charge in [0, 0.05) is 23.6 Å². The number of rotatable bonds is 3. The van der Waals surface area contributed by atoms with Crippen molar-refractivity contribution in [2.45, 2.75) is 31.4 Å². The van der Waals surface area contributed by atoms with Crippen LogP contribution in [0.3, 0.4) is 0 Å². The molecule has 0 N–H and O–H groups in total. The highest BCUT2D eigenvalue weighted by atomic mass is 35.5. The molecular weight excluding hydrogens is 376 g/mol. The number of carbonyl (C=O) groups excluding carboxylic acids is 2. The number of hydrogen-bond donors (Lipinski definition) is 0. The first-order chi connectivity index (χ1) is 13.6. The van der Waals surface area contributed by atoms with Crippen LogP contribution in [0.5, 0.6) is 5.75 Å². The number of halogens is 1. The summed E-state index contributed by atoms with van der Waals surface area (Å²) >= 11 is 5.95. The van der Waals surface area contributed by atoms with Crippen molar-refractivity contribution in [2.24, 2.45) is 5.92 Å². The number of nitrogens with zero attached hydrogens (tertiary/aromatic N) is 2. The van der Waals surface area contributed by atoms with E-state index in [0.717, 1.165) is 24.3 Å². The van der Waals surface area contributed by atoms with E-state index >= 15 is 0 Å². The van der Waals surface area contributed by atoms with Crippen molar-refractivity contribution in [3.8, 4) is 5.75 Å². The summed E-state index contributed by atoms with van der Waals surface area (Å²) in [5.74, 6) is 1.10. The summed E-state index contributed by atoms with van der Waals surface area (Å²) in [5.41, 5.74) is 1.35. The van der Waals surface area contributed by atoms with Crippen molar-refractivity contribution < 1.29 is 14.3 Å². The Kier molecular flexibility index (Phi) is 4.27. The lowest BCUT2D eigenvalue weighted by Gasteiger charge is -2.31. The molecule has 144 valence electrons. The molecule has 3 aliphatic rings. The number of likely N-dealkylation sites (tertiary alicyclic amines) is 1. The lowest BCUT2D eigenvalue weighted by molar-refractivity contribution is -0.122. The van der Waals surface area contributed by atoms with Crippen LogP contribution >= 0.6 is 11.6 Å². The minimum atomic E-state index is -0.500. The van der Waals surface area contributed by atoms with Gasteiger partial charge in [0.15, 0.2) is 0 Å². The van der Waals surface area contributed by atoms with Gasteiger partial charge in [-0.15, -0.1) is 0 Å². The summed E-state index contributed by atoms with van der Waals surface area (Å²) in [5, 5.41) is 0.579. The maximum Gasteiger partial charge on any atom is 0.254 e. The van der Waals surface area contributed by atoms with E-state index in [2.05, 4.69) is 0 Å². The molecule has 0 spiro atoms. The van der Waals surface area contributed by atoms with E-state index in [9.17, 15) is 9.59 Å². The van der Waals surface area contributed by atoms with Crippen LogP contribution in [0.4, 0.5) is 5.69 Å². The molecule has 2 aromatic carbocycles. The Morgan fingerprint density at radius 3 is 2.61 bits per heavy atom. The van der Waals surface area contributed by atoms with Gasteiger partial charge in [0.25, 0.3) is 5.91 Å². The Morgan fingerprint density at radius 2 is 1.86 bits per heavy atom. The van der Waals surface area contributed by atoms with E-state index in [0.29, 0.717) is 36.0 Å². The summed E-state index contributed by atoms with van der Waals surface area (Å²) in [4.78, 5) is 30.2. The largest absolute Gasteiger partial charge is 0.486 e. The SMILES string of the molecule is O=C1C2CC(CN2C(=O)c2ccc(Cl)cc2)Oc2ccccc2N1CC1CC1. The molecule has 2 heterocycles. The first-order valence-electron chi connectivity index (χ1n) is 9.74. The Balaban J connectivity index is 1.49. The molecule has 1 saturated heterocycles. The van der Waals surface area contributed by atoms with Crippen LogP contribution in [0.1, 0.15) is 29.6 Å². The lowest BCUT2D eigenvalue weighted by atomic mass is 10.1. The van der Waals surface area contributed by atoms with E-state index in [1.807, 2.05) is 29.2 Å². The second kappa shape index (κ2) is 6.82. The average molecular weight is 397 g/mol. The molecule has 6 heteroatoms. The molecule has 0 radical (unpaired) electrons. The minimum Gasteiger partial charge on any atom is -0.486 e. The third kappa shape index (κ3) is 3.14. The lowest BCUT2D eigenvalue weighted by Crippen LogP contribution is -2.48. The molecule has 2 amide bonds. The standard InChI is InChI=1S/C22H21ClN2O3/c23-16-9-7-15(8-10-16)21(26)25-13-17-11-19(25)22(27)24(12-14-5-6-14)18-3-1-2-4-20(18)28-17/h1-4,7-10,14,17,19H,5-6,11-13H2. The fraction of sp³-hybridized carbons (Fsp3) is 0.364. The monoisotopic (exact) mass is 396 g/mol. The highest BCUT2D eigenvalue weighted by molar-refractivity contribution is 6.30. The minimum absolute atomic E-state index is 0.00698. The Morgan fingerprint density at radius 1 is 1.11 bits per heavy atom. The van der Waals surface area contributed by atoms with E-state index in [-0.39, 0.29) is 17.9 Å². The number of fused-ring (bicyclic) bond motifs is 3. The molecular formula is C22H21ClN2O3. The van der Waals surface area contributed by atoms with Gasteiger partial charge in [-0.2, -0.15) is 0 Å². The molecule has 28 heavy (non-hydrogen) atoms. The second-order valence-electron chi connectivity index (χ2n) is 7.82. The molecule has 2 bridgehead atoms. The number of carbonyl (C=O) groups is 2. The summed E-state index contributed by atoms with van der Waals surface area (Å²) < 4.78 is 6.23. The van der Waals surface area contributed by atoms with Crippen LogP contribution in [-0.2, 0) is 4.79 Å². The van der Waals surface area contributed by atoms with Crippen LogP contribution in [0.2, 0.25) is 5.02 Å². The van der Waals surface area contributed by atoms with E-state index in [4.69, 9.17) is 16.3 Å². The molecule has 0 aromatic heterocycles. The average Bonchev–Trinajstić information content (AvgIpc) is 3.42. The molecule has 5 nitrogen and oxygen atoms in total. The highest BCUT2D eigenvalue weighted by Gasteiger charge is 2.45. The van der Waals surface area contributed by atoms with E-state index in [1.165, 1.54) is 0 Å². The second-order valence-corrected chi connectivity index (χ2v) is 8.25. The molecule has 2 atom stereocenters. The number of amides is 2. The number of para-hydroxylation sites is 2. The van der Waals surface area contributed by atoms with Crippen molar-refractivity contribution in [3.63, 3.8) is 0 Å². The van der Waals surface area contributed by atoms with Crippen LogP contribution in [-0.4, -0.2) is 41.9 Å². The highest BCUT2D eigenvalue weighted by Crippen LogP contribution is 2.39. The zero-order valence-corrected chi connectivity index (χ0v) is 16.1. The van der Waals surface area contributed by atoms with Gasteiger partial charge in [0.2, 0.25) is 5.91 Å². The maximum atomic E-state index is 13.5. The van der Waals surface area contributed by atoms with Crippen molar-refractivity contribution in [2.75, 3.05) is 18.0 Å². The number of anilines is 1. The van der Waals surface area contributed by atoms with Crippen molar-refractivity contribution >= 4 is 29.1 Å². The smallest absolute Gasteiger partial charge is 0.254 e. The van der Waals surface area contributed by atoms with Crippen molar-refractivity contribution in [3.05, 3.63) is 59.1 Å². The number of hydrogen-bond acceptors (Lipinski definition) is 3. The molecule has 2 aromatic rings. The van der Waals surface area contributed by atoms with Crippen molar-refractivity contribution in [1.82, 2.24) is 4.90 Å². The van der Waals surface area contributed by atoms with Crippen LogP contribution in [0, 0.1) is 5.92 Å². The molecule has 5 rings (SSSR count). The molecule has 2 fully saturated rings. The predicted molar refractivity (Wildman–Crippen MR) is 107 cm³/mol. The normalized spacial score (nSPS) is 23.7. The molecule has 2 unspecified atom stereocenters. The number of benzene rings is 2.